The van der Waals surface area contributed by atoms with Gasteiger partial charge in [0.1, 0.15) is 16.6 Å². The van der Waals surface area contributed by atoms with Crippen LogP contribution in [-0.2, 0) is 16.6 Å². The minimum Gasteiger partial charge on any atom is -0.493 e. The first-order valence-electron chi connectivity index (χ1n) is 17.2. The summed E-state index contributed by atoms with van der Waals surface area (Å²) in [5.41, 5.74) is 3.35. The fourth-order valence-corrected chi connectivity index (χ4v) is 6.83. The average Bonchev–Trinajstić information content (AvgIpc) is 3.43. The molecule has 1 heterocycles. The number of hydrogen-bond donors (Lipinski definition) is 3. The molecule has 0 aliphatic heterocycles. The Morgan fingerprint density at radius 1 is 0.745 bits per heavy atom. The van der Waals surface area contributed by atoms with E-state index in [2.05, 4.69) is 16.0 Å². The van der Waals surface area contributed by atoms with Crippen molar-refractivity contribution in [3.63, 3.8) is 0 Å². The lowest BCUT2D eigenvalue weighted by Gasteiger charge is -2.17. The number of hydrogen-bond acceptors (Lipinski definition) is 7. The number of methoxy groups -OCH3 is 2. The molecule has 0 fully saturated rings. The van der Waals surface area contributed by atoms with E-state index in [1.807, 2.05) is 60.7 Å². The molecule has 0 spiro atoms. The van der Waals surface area contributed by atoms with Gasteiger partial charge in [-0.1, -0.05) is 72.8 Å². The summed E-state index contributed by atoms with van der Waals surface area (Å²) in [6.07, 6.45) is 1.55. The second-order valence-electron chi connectivity index (χ2n) is 12.3. The third-order valence-electron chi connectivity index (χ3n) is 8.76. The van der Waals surface area contributed by atoms with E-state index in [-0.39, 0.29) is 22.9 Å². The zero-order valence-corrected chi connectivity index (χ0v) is 31.4. The van der Waals surface area contributed by atoms with E-state index in [1.54, 1.807) is 97.5 Å². The summed E-state index contributed by atoms with van der Waals surface area (Å²) in [6.45, 7) is 1.79. The number of carbonyl (C=O) groups excluding carboxylic acids is 3. The van der Waals surface area contributed by atoms with Crippen LogP contribution in [0.15, 0.2) is 149 Å². The minimum absolute atomic E-state index is 0.00266. The predicted molar refractivity (Wildman–Crippen MR) is 216 cm³/mol. The summed E-state index contributed by atoms with van der Waals surface area (Å²) < 4.78 is 14.0. The normalized spacial score (nSPS) is 11.7. The van der Waals surface area contributed by atoms with Crippen LogP contribution in [0, 0.1) is 6.92 Å². The molecule has 5 aromatic carbocycles. The van der Waals surface area contributed by atoms with Gasteiger partial charge in [-0.15, -0.1) is 11.8 Å². The molecule has 0 aliphatic rings. The van der Waals surface area contributed by atoms with Gasteiger partial charge in [0.2, 0.25) is 5.91 Å². The van der Waals surface area contributed by atoms with Crippen molar-refractivity contribution in [3.05, 3.63) is 172 Å². The molecule has 6 aromatic rings. The Bertz CT molecular complexity index is 2390. The Kier molecular flexibility index (Phi) is 12.0. The van der Waals surface area contributed by atoms with Gasteiger partial charge in [0.15, 0.2) is 11.5 Å². The molecule has 1 unspecified atom stereocenters. The van der Waals surface area contributed by atoms with Gasteiger partial charge >= 0.3 is 0 Å². The van der Waals surface area contributed by atoms with Gasteiger partial charge in [0.05, 0.1) is 25.6 Å². The van der Waals surface area contributed by atoms with Crippen molar-refractivity contribution < 1.29 is 23.9 Å². The molecule has 6 rings (SSSR count). The molecule has 55 heavy (non-hydrogen) atoms. The lowest BCUT2D eigenvalue weighted by molar-refractivity contribution is -0.116. The highest BCUT2D eigenvalue weighted by molar-refractivity contribution is 8.00. The number of ether oxygens (including phenoxy) is 2. The summed E-state index contributed by atoms with van der Waals surface area (Å²) in [6, 6.07) is 39.3. The molecule has 0 saturated heterocycles. The number of benzene rings is 5. The molecule has 3 amide bonds. The quantitative estimate of drug-likeness (QED) is 0.0828. The second-order valence-corrected chi connectivity index (χ2v) is 13.5. The Morgan fingerprint density at radius 2 is 1.36 bits per heavy atom. The lowest BCUT2D eigenvalue weighted by Crippen LogP contribution is -2.30. The van der Waals surface area contributed by atoms with E-state index in [1.165, 1.54) is 30.7 Å². The van der Waals surface area contributed by atoms with Crippen molar-refractivity contribution in [3.8, 4) is 17.2 Å². The van der Waals surface area contributed by atoms with Crippen LogP contribution in [-0.4, -0.2) is 41.3 Å². The van der Waals surface area contributed by atoms with Crippen LogP contribution in [0.1, 0.15) is 32.4 Å². The zero-order chi connectivity index (χ0) is 38.9. The SMILES string of the molecule is COc1ccc(/C=C(\NC(=O)c2ccccc2)C(=O)Nc2ccc(SC(C(=O)Nc3c(C)n(C)n(-c4ccccc4)c3=O)c3ccccc3)cc2)cc1OC. The van der Waals surface area contributed by atoms with Crippen molar-refractivity contribution >= 4 is 46.9 Å². The molecule has 0 radical (unpaired) electrons. The summed E-state index contributed by atoms with van der Waals surface area (Å²) in [7, 11) is 4.82. The summed E-state index contributed by atoms with van der Waals surface area (Å²) in [5.74, 6) is -0.391. The Labute approximate surface area is 322 Å². The molecule has 0 bridgehead atoms. The smallest absolute Gasteiger partial charge is 0.295 e. The second kappa shape index (κ2) is 17.4. The highest BCUT2D eigenvalue weighted by Crippen LogP contribution is 2.37. The molecule has 3 N–H and O–H groups in total. The van der Waals surface area contributed by atoms with Gasteiger partial charge in [0, 0.05) is 23.2 Å². The average molecular weight is 754 g/mol. The molecular weight excluding hydrogens is 715 g/mol. The summed E-state index contributed by atoms with van der Waals surface area (Å²) in [5, 5.41) is 7.81. The number of thioether (sulfide) groups is 1. The largest absolute Gasteiger partial charge is 0.493 e. The minimum atomic E-state index is -0.713. The first-order valence-corrected chi connectivity index (χ1v) is 18.1. The van der Waals surface area contributed by atoms with E-state index in [0.29, 0.717) is 39.7 Å². The zero-order valence-electron chi connectivity index (χ0n) is 30.6. The van der Waals surface area contributed by atoms with Gasteiger partial charge in [-0.2, -0.15) is 0 Å². The van der Waals surface area contributed by atoms with Crippen LogP contribution in [0.5, 0.6) is 11.5 Å². The van der Waals surface area contributed by atoms with Crippen molar-refractivity contribution in [2.45, 2.75) is 17.1 Å². The van der Waals surface area contributed by atoms with Crippen LogP contribution in [0.3, 0.4) is 0 Å². The van der Waals surface area contributed by atoms with Crippen LogP contribution in [0.25, 0.3) is 11.8 Å². The van der Waals surface area contributed by atoms with Crippen molar-refractivity contribution in [2.24, 2.45) is 7.05 Å². The van der Waals surface area contributed by atoms with E-state index in [4.69, 9.17) is 9.47 Å². The first-order chi connectivity index (χ1) is 26.7. The van der Waals surface area contributed by atoms with E-state index >= 15 is 0 Å². The molecule has 11 nitrogen and oxygen atoms in total. The fourth-order valence-electron chi connectivity index (χ4n) is 5.80. The maximum Gasteiger partial charge on any atom is 0.295 e. The maximum atomic E-state index is 14.0. The van der Waals surface area contributed by atoms with Crippen molar-refractivity contribution in [2.75, 3.05) is 24.9 Å². The van der Waals surface area contributed by atoms with Gasteiger partial charge in [-0.05, 0) is 84.8 Å². The Hall–Kier alpha value is -6.79. The fraction of sp³-hybridized carbons (Fsp3) is 0.116. The molecule has 0 aliphatic carbocycles. The molecule has 1 atom stereocenters. The number of nitrogens with zero attached hydrogens (tertiary/aromatic N) is 2. The standard InChI is InChI=1S/C43H39N5O6S/c1-28-38(43(52)48(47(28)2)33-18-12-7-13-19-33)46-42(51)39(30-14-8-5-9-15-30)55-34-23-21-32(22-24-34)44-41(50)35(45-40(49)31-16-10-6-11-17-31)26-29-20-25-36(53-3)37(27-29)54-4/h5-27,39H,1-4H3,(H,44,50)(H,45,49)(H,46,51)/b35-26-. The van der Waals surface area contributed by atoms with Crippen molar-refractivity contribution in [1.82, 2.24) is 14.7 Å². The molecular formula is C43H39N5O6S. The summed E-state index contributed by atoms with van der Waals surface area (Å²) in [4.78, 5) is 55.2. The third-order valence-corrected chi connectivity index (χ3v) is 10.0. The topological polar surface area (TPSA) is 133 Å². The van der Waals surface area contributed by atoms with Crippen LogP contribution >= 0.6 is 11.8 Å². The Morgan fingerprint density at radius 3 is 2.00 bits per heavy atom. The molecule has 12 heteroatoms. The number of para-hydroxylation sites is 1. The number of aromatic nitrogens is 2. The van der Waals surface area contributed by atoms with Gasteiger partial charge in [-0.3, -0.25) is 23.9 Å². The van der Waals surface area contributed by atoms with Gasteiger partial charge in [0.25, 0.3) is 17.4 Å². The maximum absolute atomic E-state index is 14.0. The number of rotatable bonds is 13. The van der Waals surface area contributed by atoms with E-state index < -0.39 is 17.1 Å². The summed E-state index contributed by atoms with van der Waals surface area (Å²) >= 11 is 1.31. The van der Waals surface area contributed by atoms with Gasteiger partial charge in [-0.25, -0.2) is 4.68 Å². The lowest BCUT2D eigenvalue weighted by atomic mass is 10.1. The Balaban J connectivity index is 1.22. The van der Waals surface area contributed by atoms with Crippen LogP contribution in [0.4, 0.5) is 11.4 Å². The number of amides is 3. The third kappa shape index (κ3) is 8.89. The van der Waals surface area contributed by atoms with Crippen LogP contribution in [0.2, 0.25) is 0 Å². The highest BCUT2D eigenvalue weighted by atomic mass is 32.2. The van der Waals surface area contributed by atoms with E-state index in [9.17, 15) is 19.2 Å². The number of carbonyl (C=O) groups is 3. The van der Waals surface area contributed by atoms with Crippen molar-refractivity contribution in [1.29, 1.82) is 0 Å². The molecule has 1 aromatic heterocycles. The molecule has 278 valence electrons. The monoisotopic (exact) mass is 753 g/mol. The first kappa shape index (κ1) is 38.0. The number of anilines is 2. The molecule has 0 saturated carbocycles. The van der Waals surface area contributed by atoms with Crippen LogP contribution < -0.4 is 31.0 Å². The predicted octanol–water partition coefficient (Wildman–Crippen LogP) is 7.38. The number of nitrogens with one attached hydrogen (secondary N) is 3. The highest BCUT2D eigenvalue weighted by Gasteiger charge is 2.26. The van der Waals surface area contributed by atoms with E-state index in [0.717, 1.165) is 10.5 Å². The van der Waals surface area contributed by atoms with Gasteiger partial charge < -0.3 is 25.4 Å².